The van der Waals surface area contributed by atoms with Crippen molar-refractivity contribution in [3.8, 4) is 17.2 Å². The van der Waals surface area contributed by atoms with Crippen molar-refractivity contribution in [2.24, 2.45) is 5.92 Å². The average Bonchev–Trinajstić information content (AvgIpc) is 3.20. The van der Waals surface area contributed by atoms with Crippen molar-refractivity contribution >= 4 is 6.03 Å². The summed E-state index contributed by atoms with van der Waals surface area (Å²) in [6, 6.07) is 5.39. The van der Waals surface area contributed by atoms with Crippen molar-refractivity contribution in [3.05, 3.63) is 24.0 Å². The number of amides is 2. The second-order valence-electron chi connectivity index (χ2n) is 7.21. The van der Waals surface area contributed by atoms with E-state index in [1.165, 1.54) is 0 Å². The minimum absolute atomic E-state index is 0.235. The van der Waals surface area contributed by atoms with E-state index in [4.69, 9.17) is 9.47 Å². The quantitative estimate of drug-likeness (QED) is 0.851. The number of benzene rings is 1. The number of carbonyl (C=O) groups is 1. The summed E-state index contributed by atoms with van der Waals surface area (Å²) >= 11 is 0. The van der Waals surface area contributed by atoms with Gasteiger partial charge in [0.25, 0.3) is 0 Å². The zero-order valence-corrected chi connectivity index (χ0v) is 15.6. The molecule has 1 aliphatic carbocycles. The highest BCUT2D eigenvalue weighted by Crippen LogP contribution is 2.40. The van der Waals surface area contributed by atoms with E-state index in [0.29, 0.717) is 36.5 Å². The number of hydrogen-bond acceptors (Lipinski definition) is 6. The molecule has 1 aromatic carbocycles. The number of hydrogen-bond donors (Lipinski definition) is 2. The summed E-state index contributed by atoms with van der Waals surface area (Å²) in [4.78, 5) is 12.2. The molecule has 1 aromatic heterocycles. The lowest BCUT2D eigenvalue weighted by atomic mass is 9.76. The molecule has 0 bridgehead atoms. The molecular formula is C18H24N6O3. The van der Waals surface area contributed by atoms with E-state index in [0.717, 1.165) is 31.4 Å². The van der Waals surface area contributed by atoms with Gasteiger partial charge in [-0.3, -0.25) is 0 Å². The fourth-order valence-electron chi connectivity index (χ4n) is 3.76. The summed E-state index contributed by atoms with van der Waals surface area (Å²) in [6.07, 6.45) is 3.56. The van der Waals surface area contributed by atoms with E-state index < -0.39 is 5.54 Å². The van der Waals surface area contributed by atoms with Gasteiger partial charge in [0.05, 0.1) is 5.69 Å². The SMILES string of the molecule is CNC(=O)NC1(c2nnnn2-c2ccc3c(c2)OCCO3)CCC(C)CC1. The first-order chi connectivity index (χ1) is 13.1. The third kappa shape index (κ3) is 3.29. The van der Waals surface area contributed by atoms with Gasteiger partial charge in [0.2, 0.25) is 0 Å². The van der Waals surface area contributed by atoms with Gasteiger partial charge in [-0.05, 0) is 54.2 Å². The van der Waals surface area contributed by atoms with Crippen LogP contribution in [0.4, 0.5) is 4.79 Å². The number of tetrazole rings is 1. The van der Waals surface area contributed by atoms with Crippen molar-refractivity contribution < 1.29 is 14.3 Å². The molecule has 0 radical (unpaired) electrons. The molecule has 2 aromatic rings. The lowest BCUT2D eigenvalue weighted by Gasteiger charge is -2.38. The van der Waals surface area contributed by atoms with Gasteiger partial charge >= 0.3 is 6.03 Å². The van der Waals surface area contributed by atoms with Crippen LogP contribution in [0.5, 0.6) is 11.5 Å². The molecule has 1 aliphatic heterocycles. The zero-order chi connectivity index (χ0) is 18.9. The lowest BCUT2D eigenvalue weighted by Crippen LogP contribution is -2.52. The number of aromatic nitrogens is 4. The van der Waals surface area contributed by atoms with E-state index in [2.05, 4.69) is 33.1 Å². The van der Waals surface area contributed by atoms with Crippen molar-refractivity contribution in [2.75, 3.05) is 20.3 Å². The van der Waals surface area contributed by atoms with Gasteiger partial charge in [-0.15, -0.1) is 5.10 Å². The van der Waals surface area contributed by atoms with Crippen LogP contribution in [0, 0.1) is 5.92 Å². The number of ether oxygens (including phenoxy) is 2. The normalized spacial score (nSPS) is 24.3. The number of rotatable bonds is 3. The van der Waals surface area contributed by atoms with Crippen molar-refractivity contribution in [2.45, 2.75) is 38.1 Å². The Labute approximate surface area is 157 Å². The van der Waals surface area contributed by atoms with Crippen LogP contribution in [0.2, 0.25) is 0 Å². The van der Waals surface area contributed by atoms with Crippen molar-refractivity contribution in [3.63, 3.8) is 0 Å². The summed E-state index contributed by atoms with van der Waals surface area (Å²) in [6.45, 7) is 3.28. The van der Waals surface area contributed by atoms with Gasteiger partial charge in [0.1, 0.15) is 18.8 Å². The maximum absolute atomic E-state index is 12.2. The molecule has 2 amide bonds. The molecule has 9 nitrogen and oxygen atoms in total. The number of nitrogens with zero attached hydrogens (tertiary/aromatic N) is 4. The van der Waals surface area contributed by atoms with Crippen LogP contribution in [0.1, 0.15) is 38.4 Å². The predicted molar refractivity (Wildman–Crippen MR) is 97.0 cm³/mol. The highest BCUT2D eigenvalue weighted by atomic mass is 16.6. The molecule has 0 spiro atoms. The molecule has 9 heteroatoms. The molecule has 2 aliphatic rings. The third-order valence-electron chi connectivity index (χ3n) is 5.38. The summed E-state index contributed by atoms with van der Waals surface area (Å²) in [5, 5.41) is 18.2. The highest BCUT2D eigenvalue weighted by Gasteiger charge is 2.42. The fraction of sp³-hybridized carbons (Fsp3) is 0.556. The molecule has 2 N–H and O–H groups in total. The topological polar surface area (TPSA) is 103 Å². The maximum atomic E-state index is 12.2. The number of carbonyl (C=O) groups excluding carboxylic acids is 1. The minimum Gasteiger partial charge on any atom is -0.486 e. The molecule has 0 unspecified atom stereocenters. The molecule has 144 valence electrons. The Hall–Kier alpha value is -2.84. The van der Waals surface area contributed by atoms with Gasteiger partial charge < -0.3 is 20.1 Å². The van der Waals surface area contributed by atoms with Crippen molar-refractivity contribution in [1.82, 2.24) is 30.8 Å². The Kier molecular flexibility index (Phi) is 4.59. The molecule has 0 saturated heterocycles. The van der Waals surface area contributed by atoms with Gasteiger partial charge in [-0.1, -0.05) is 6.92 Å². The zero-order valence-electron chi connectivity index (χ0n) is 15.6. The van der Waals surface area contributed by atoms with Crippen LogP contribution >= 0.6 is 0 Å². The number of nitrogens with one attached hydrogen (secondary N) is 2. The standard InChI is InChI=1S/C18H24N6O3/c1-12-5-7-18(8-6-12,20-17(25)19-2)16-21-22-23-24(16)13-3-4-14-15(11-13)27-10-9-26-14/h3-4,11-12H,5-10H2,1-2H3,(H2,19,20,25). The third-order valence-corrected chi connectivity index (χ3v) is 5.38. The average molecular weight is 372 g/mol. The van der Waals surface area contributed by atoms with Gasteiger partial charge in [-0.2, -0.15) is 4.68 Å². The van der Waals surface area contributed by atoms with Crippen LogP contribution in [0.3, 0.4) is 0 Å². The summed E-state index contributed by atoms with van der Waals surface area (Å²) < 4.78 is 13.0. The monoisotopic (exact) mass is 372 g/mol. The predicted octanol–water partition coefficient (Wildman–Crippen LogP) is 1.77. The Morgan fingerprint density at radius 3 is 2.70 bits per heavy atom. The Balaban J connectivity index is 1.73. The summed E-state index contributed by atoms with van der Waals surface area (Å²) in [5.41, 5.74) is 0.166. The summed E-state index contributed by atoms with van der Waals surface area (Å²) in [5.74, 6) is 2.63. The van der Waals surface area contributed by atoms with Gasteiger partial charge in [-0.25, -0.2) is 4.79 Å². The van der Waals surface area contributed by atoms with Crippen LogP contribution in [0.25, 0.3) is 5.69 Å². The smallest absolute Gasteiger partial charge is 0.315 e. The van der Waals surface area contributed by atoms with Gasteiger partial charge in [0, 0.05) is 13.1 Å². The second-order valence-corrected chi connectivity index (χ2v) is 7.21. The molecule has 0 atom stereocenters. The van der Waals surface area contributed by atoms with Crippen LogP contribution < -0.4 is 20.1 Å². The Morgan fingerprint density at radius 1 is 1.22 bits per heavy atom. The molecule has 4 rings (SSSR count). The molecular weight excluding hydrogens is 348 g/mol. The summed E-state index contributed by atoms with van der Waals surface area (Å²) in [7, 11) is 1.61. The molecule has 2 heterocycles. The minimum atomic E-state index is -0.608. The highest BCUT2D eigenvalue weighted by molar-refractivity contribution is 5.74. The molecule has 27 heavy (non-hydrogen) atoms. The Bertz CT molecular complexity index is 828. The Morgan fingerprint density at radius 2 is 1.96 bits per heavy atom. The van der Waals surface area contributed by atoms with E-state index in [1.807, 2.05) is 18.2 Å². The largest absolute Gasteiger partial charge is 0.486 e. The first-order valence-corrected chi connectivity index (χ1v) is 9.30. The fourth-order valence-corrected chi connectivity index (χ4v) is 3.76. The number of urea groups is 1. The maximum Gasteiger partial charge on any atom is 0.315 e. The second kappa shape index (κ2) is 7.05. The van der Waals surface area contributed by atoms with Crippen LogP contribution in [0.15, 0.2) is 18.2 Å². The lowest BCUT2D eigenvalue weighted by molar-refractivity contribution is 0.171. The van der Waals surface area contributed by atoms with Gasteiger partial charge in [0.15, 0.2) is 17.3 Å². The molecule has 1 fully saturated rings. The van der Waals surface area contributed by atoms with Crippen LogP contribution in [-0.2, 0) is 5.54 Å². The van der Waals surface area contributed by atoms with E-state index in [-0.39, 0.29) is 6.03 Å². The first-order valence-electron chi connectivity index (χ1n) is 9.30. The first kappa shape index (κ1) is 17.6. The van der Waals surface area contributed by atoms with E-state index >= 15 is 0 Å². The van der Waals surface area contributed by atoms with Crippen LogP contribution in [-0.4, -0.2) is 46.5 Å². The number of fused-ring (bicyclic) bond motifs is 1. The van der Waals surface area contributed by atoms with E-state index in [1.54, 1.807) is 11.7 Å². The van der Waals surface area contributed by atoms with Crippen molar-refractivity contribution in [1.29, 1.82) is 0 Å². The molecule has 1 saturated carbocycles. The van der Waals surface area contributed by atoms with E-state index in [9.17, 15) is 4.79 Å².